The van der Waals surface area contributed by atoms with Crippen molar-refractivity contribution in [1.82, 2.24) is 4.90 Å². The highest BCUT2D eigenvalue weighted by atomic mass is 32.2. The number of hydrogen-bond donors (Lipinski definition) is 1. The Hall–Kier alpha value is 0.0700. The molecule has 2 atom stereocenters. The van der Waals surface area contributed by atoms with Crippen molar-refractivity contribution in [2.75, 3.05) is 31.6 Å². The normalized spacial score (nSPS) is 30.1. The summed E-state index contributed by atoms with van der Waals surface area (Å²) in [5.41, 5.74) is -0.0204. The van der Waals surface area contributed by atoms with Crippen molar-refractivity contribution in [1.29, 1.82) is 0 Å². The Morgan fingerprint density at radius 2 is 2.21 bits per heavy atom. The molecule has 1 aliphatic heterocycles. The van der Waals surface area contributed by atoms with Crippen LogP contribution in [0, 0.1) is 5.41 Å². The minimum Gasteiger partial charge on any atom is -0.392 e. The monoisotopic (exact) mass is 219 g/mol. The first-order valence-electron chi connectivity index (χ1n) is 5.12. The molecule has 0 bridgehead atoms. The maximum atomic E-state index is 10.9. The molecular weight excluding hydrogens is 198 g/mol. The third-order valence-corrected chi connectivity index (χ3v) is 3.70. The molecule has 1 aliphatic rings. The van der Waals surface area contributed by atoms with Crippen LogP contribution in [0.4, 0.5) is 0 Å². The van der Waals surface area contributed by atoms with E-state index < -0.39 is 10.8 Å². The van der Waals surface area contributed by atoms with Gasteiger partial charge in [-0.1, -0.05) is 13.8 Å². The number of hydrogen-bond acceptors (Lipinski definition) is 3. The van der Waals surface area contributed by atoms with E-state index >= 15 is 0 Å². The average molecular weight is 219 g/mol. The van der Waals surface area contributed by atoms with Crippen LogP contribution in [-0.4, -0.2) is 52.0 Å². The molecule has 0 saturated carbocycles. The van der Waals surface area contributed by atoms with E-state index in [1.165, 1.54) is 0 Å². The van der Waals surface area contributed by atoms with Gasteiger partial charge in [0.15, 0.2) is 0 Å². The van der Waals surface area contributed by atoms with Gasteiger partial charge in [-0.05, 0) is 6.42 Å². The molecule has 0 aromatic carbocycles. The molecule has 3 nitrogen and oxygen atoms in total. The van der Waals surface area contributed by atoms with E-state index in [1.54, 1.807) is 6.26 Å². The standard InChI is InChI=1S/C10H21NO2S/c1-10(2)8-11(5-4-9(10)12)6-7-14(3)13/h9,12H,4-8H2,1-3H3. The summed E-state index contributed by atoms with van der Waals surface area (Å²) in [4.78, 5) is 2.30. The van der Waals surface area contributed by atoms with Gasteiger partial charge >= 0.3 is 0 Å². The molecule has 1 rings (SSSR count). The molecule has 1 heterocycles. The second-order valence-electron chi connectivity index (χ2n) is 4.85. The van der Waals surface area contributed by atoms with Gasteiger partial charge in [0.1, 0.15) is 0 Å². The fraction of sp³-hybridized carbons (Fsp3) is 1.00. The zero-order valence-corrected chi connectivity index (χ0v) is 10.1. The highest BCUT2D eigenvalue weighted by molar-refractivity contribution is 7.84. The summed E-state index contributed by atoms with van der Waals surface area (Å²) in [6.45, 7) is 6.91. The van der Waals surface area contributed by atoms with Crippen molar-refractivity contribution >= 4 is 10.8 Å². The topological polar surface area (TPSA) is 40.5 Å². The van der Waals surface area contributed by atoms with Crippen LogP contribution in [0.5, 0.6) is 0 Å². The fourth-order valence-electron chi connectivity index (χ4n) is 1.90. The van der Waals surface area contributed by atoms with Gasteiger partial charge in [-0.25, -0.2) is 0 Å². The molecule has 0 amide bonds. The van der Waals surface area contributed by atoms with E-state index in [0.29, 0.717) is 0 Å². The molecule has 14 heavy (non-hydrogen) atoms. The number of likely N-dealkylation sites (tertiary alicyclic amines) is 1. The lowest BCUT2D eigenvalue weighted by atomic mass is 9.81. The van der Waals surface area contributed by atoms with E-state index in [4.69, 9.17) is 0 Å². The predicted octanol–water partition coefficient (Wildman–Crippen LogP) is 0.458. The van der Waals surface area contributed by atoms with Crippen molar-refractivity contribution in [2.45, 2.75) is 26.4 Å². The van der Waals surface area contributed by atoms with Crippen molar-refractivity contribution in [3.63, 3.8) is 0 Å². The Morgan fingerprint density at radius 1 is 1.57 bits per heavy atom. The van der Waals surface area contributed by atoms with Gasteiger partial charge in [0.05, 0.1) is 6.10 Å². The van der Waals surface area contributed by atoms with Crippen LogP contribution in [0.2, 0.25) is 0 Å². The summed E-state index contributed by atoms with van der Waals surface area (Å²) in [6.07, 6.45) is 2.39. The highest BCUT2D eigenvalue weighted by Crippen LogP contribution is 2.28. The van der Waals surface area contributed by atoms with Crippen LogP contribution >= 0.6 is 0 Å². The van der Waals surface area contributed by atoms with E-state index in [9.17, 15) is 9.32 Å². The number of aliphatic hydroxyl groups is 1. The van der Waals surface area contributed by atoms with Crippen LogP contribution in [0.15, 0.2) is 0 Å². The summed E-state index contributed by atoms with van der Waals surface area (Å²) < 4.78 is 10.9. The van der Waals surface area contributed by atoms with Gasteiger partial charge in [0.2, 0.25) is 0 Å². The van der Waals surface area contributed by atoms with E-state index in [0.717, 1.165) is 31.8 Å². The summed E-state index contributed by atoms with van der Waals surface area (Å²) in [7, 11) is -0.705. The van der Waals surface area contributed by atoms with Crippen LogP contribution in [0.3, 0.4) is 0 Å². The Labute approximate surface area is 88.9 Å². The molecule has 1 saturated heterocycles. The summed E-state index contributed by atoms with van der Waals surface area (Å²) in [5.74, 6) is 0.742. The Kier molecular flexibility index (Phi) is 4.10. The SMILES string of the molecule is CS(=O)CCN1CCC(O)C(C)(C)C1. The molecule has 4 heteroatoms. The first-order valence-corrected chi connectivity index (χ1v) is 6.85. The van der Waals surface area contributed by atoms with Gasteiger partial charge in [-0.3, -0.25) is 4.21 Å². The molecule has 0 radical (unpaired) electrons. The molecule has 0 aliphatic carbocycles. The first kappa shape index (κ1) is 12.1. The van der Waals surface area contributed by atoms with Gasteiger partial charge in [-0.15, -0.1) is 0 Å². The fourth-order valence-corrected chi connectivity index (χ4v) is 2.42. The second kappa shape index (κ2) is 4.73. The Balaban J connectivity index is 2.39. The molecule has 0 aromatic heterocycles. The van der Waals surface area contributed by atoms with Crippen molar-refractivity contribution in [3.8, 4) is 0 Å². The van der Waals surface area contributed by atoms with Gasteiger partial charge in [0.25, 0.3) is 0 Å². The number of rotatable bonds is 3. The molecule has 1 fully saturated rings. The number of aliphatic hydroxyl groups excluding tert-OH is 1. The Morgan fingerprint density at radius 3 is 2.71 bits per heavy atom. The molecule has 0 aromatic rings. The van der Waals surface area contributed by atoms with Crippen molar-refractivity contribution in [2.24, 2.45) is 5.41 Å². The zero-order chi connectivity index (χ0) is 10.8. The third kappa shape index (κ3) is 3.33. The molecular formula is C10H21NO2S. The number of piperidine rings is 1. The summed E-state index contributed by atoms with van der Waals surface area (Å²) >= 11 is 0. The zero-order valence-electron chi connectivity index (χ0n) is 9.32. The van der Waals surface area contributed by atoms with Crippen LogP contribution in [0.25, 0.3) is 0 Å². The quantitative estimate of drug-likeness (QED) is 0.749. The highest BCUT2D eigenvalue weighted by Gasteiger charge is 2.34. The maximum absolute atomic E-state index is 10.9. The van der Waals surface area contributed by atoms with E-state index in [-0.39, 0.29) is 11.5 Å². The second-order valence-corrected chi connectivity index (χ2v) is 6.40. The van der Waals surface area contributed by atoms with Crippen LogP contribution in [0.1, 0.15) is 20.3 Å². The van der Waals surface area contributed by atoms with E-state index in [1.807, 2.05) is 0 Å². The molecule has 84 valence electrons. The van der Waals surface area contributed by atoms with Crippen molar-refractivity contribution < 1.29 is 9.32 Å². The third-order valence-electron chi connectivity index (χ3n) is 2.95. The average Bonchev–Trinajstić information content (AvgIpc) is 2.07. The maximum Gasteiger partial charge on any atom is 0.0615 e. The minimum atomic E-state index is -0.705. The minimum absolute atomic E-state index is 0.0204. The lowest BCUT2D eigenvalue weighted by Gasteiger charge is -2.41. The smallest absolute Gasteiger partial charge is 0.0615 e. The largest absolute Gasteiger partial charge is 0.392 e. The lowest BCUT2D eigenvalue weighted by molar-refractivity contribution is -0.0224. The van der Waals surface area contributed by atoms with Gasteiger partial charge in [0, 0.05) is 47.9 Å². The Bertz CT molecular complexity index is 218. The predicted molar refractivity (Wildman–Crippen MR) is 59.8 cm³/mol. The van der Waals surface area contributed by atoms with Crippen molar-refractivity contribution in [3.05, 3.63) is 0 Å². The lowest BCUT2D eigenvalue weighted by Crippen LogP contribution is -2.49. The van der Waals surface area contributed by atoms with Gasteiger partial charge < -0.3 is 10.0 Å². The van der Waals surface area contributed by atoms with E-state index in [2.05, 4.69) is 18.7 Å². The van der Waals surface area contributed by atoms with Crippen LogP contribution < -0.4 is 0 Å². The van der Waals surface area contributed by atoms with Gasteiger partial charge in [-0.2, -0.15) is 0 Å². The van der Waals surface area contributed by atoms with Crippen LogP contribution in [-0.2, 0) is 10.8 Å². The first-order chi connectivity index (χ1) is 6.42. The summed E-state index contributed by atoms with van der Waals surface area (Å²) in [5, 5.41) is 9.75. The molecule has 1 N–H and O–H groups in total. The summed E-state index contributed by atoms with van der Waals surface area (Å²) in [6, 6.07) is 0. The number of nitrogens with zero attached hydrogens (tertiary/aromatic N) is 1. The molecule has 0 spiro atoms. The molecule has 2 unspecified atom stereocenters.